The SMILES string of the molecule is CN=C(NCc1ccc(F)c(C)c1)NCc1ccc(OC)c(C(=O)OC)c1. The lowest BCUT2D eigenvalue weighted by Gasteiger charge is -2.14. The Bertz CT molecular complexity index is 837. The Morgan fingerprint density at radius 3 is 2.26 bits per heavy atom. The monoisotopic (exact) mass is 373 g/mol. The molecule has 0 aliphatic carbocycles. The molecule has 0 aliphatic heterocycles. The molecule has 0 fully saturated rings. The van der Waals surface area contributed by atoms with Gasteiger partial charge in [-0.3, -0.25) is 4.99 Å². The summed E-state index contributed by atoms with van der Waals surface area (Å²) >= 11 is 0. The standard InChI is InChI=1S/C20H24FN3O3/c1-13-9-14(5-7-17(13)21)11-23-20(22-2)24-12-15-6-8-18(26-3)16(10-15)19(25)27-4/h5-10H,11-12H2,1-4H3,(H2,22,23,24). The average molecular weight is 373 g/mol. The van der Waals surface area contributed by atoms with Crippen LogP contribution in [0.5, 0.6) is 5.75 Å². The van der Waals surface area contributed by atoms with E-state index in [-0.39, 0.29) is 5.82 Å². The normalized spacial score (nSPS) is 11.1. The number of halogens is 1. The van der Waals surface area contributed by atoms with Crippen molar-refractivity contribution in [1.29, 1.82) is 0 Å². The number of hydrogen-bond acceptors (Lipinski definition) is 4. The highest BCUT2D eigenvalue weighted by Gasteiger charge is 2.13. The molecule has 2 rings (SSSR count). The first-order chi connectivity index (χ1) is 13.0. The van der Waals surface area contributed by atoms with Gasteiger partial charge in [-0.1, -0.05) is 18.2 Å². The number of benzene rings is 2. The number of hydrogen-bond donors (Lipinski definition) is 2. The molecule has 144 valence electrons. The second-order valence-electron chi connectivity index (χ2n) is 5.89. The van der Waals surface area contributed by atoms with Crippen LogP contribution >= 0.6 is 0 Å². The van der Waals surface area contributed by atoms with E-state index >= 15 is 0 Å². The molecule has 6 nitrogen and oxygen atoms in total. The molecule has 0 radical (unpaired) electrons. The highest BCUT2D eigenvalue weighted by atomic mass is 19.1. The van der Waals surface area contributed by atoms with Gasteiger partial charge in [-0.15, -0.1) is 0 Å². The maximum Gasteiger partial charge on any atom is 0.341 e. The van der Waals surface area contributed by atoms with E-state index < -0.39 is 5.97 Å². The van der Waals surface area contributed by atoms with Crippen molar-refractivity contribution in [3.8, 4) is 5.75 Å². The van der Waals surface area contributed by atoms with Crippen LogP contribution in [0.15, 0.2) is 41.4 Å². The fourth-order valence-electron chi connectivity index (χ4n) is 2.54. The van der Waals surface area contributed by atoms with E-state index in [1.807, 2.05) is 6.07 Å². The highest BCUT2D eigenvalue weighted by molar-refractivity contribution is 5.92. The molecule has 0 saturated carbocycles. The van der Waals surface area contributed by atoms with Crippen molar-refractivity contribution in [1.82, 2.24) is 10.6 Å². The van der Waals surface area contributed by atoms with Gasteiger partial charge in [-0.2, -0.15) is 0 Å². The van der Waals surface area contributed by atoms with Crippen LogP contribution < -0.4 is 15.4 Å². The Labute approximate surface area is 158 Å². The van der Waals surface area contributed by atoms with Gasteiger partial charge in [0.15, 0.2) is 5.96 Å². The molecule has 2 N–H and O–H groups in total. The molecule has 0 amide bonds. The Morgan fingerprint density at radius 1 is 1.07 bits per heavy atom. The maximum atomic E-state index is 13.3. The number of aliphatic imine (C=N–C) groups is 1. The Hall–Kier alpha value is -3.09. The molecule has 0 aromatic heterocycles. The summed E-state index contributed by atoms with van der Waals surface area (Å²) in [5.74, 6) is 0.372. The van der Waals surface area contributed by atoms with Gasteiger partial charge < -0.3 is 20.1 Å². The fraction of sp³-hybridized carbons (Fsp3) is 0.300. The first kappa shape index (κ1) is 20.2. The third-order valence-electron chi connectivity index (χ3n) is 4.04. The smallest absolute Gasteiger partial charge is 0.341 e. The van der Waals surface area contributed by atoms with Crippen molar-refractivity contribution in [2.24, 2.45) is 4.99 Å². The first-order valence-corrected chi connectivity index (χ1v) is 8.43. The summed E-state index contributed by atoms with van der Waals surface area (Å²) in [7, 11) is 4.50. The molecular formula is C20H24FN3O3. The molecule has 0 spiro atoms. The van der Waals surface area contributed by atoms with Gasteiger partial charge in [0.25, 0.3) is 0 Å². The van der Waals surface area contributed by atoms with E-state index in [9.17, 15) is 9.18 Å². The molecule has 2 aromatic carbocycles. The molecule has 2 aromatic rings. The zero-order chi connectivity index (χ0) is 19.8. The first-order valence-electron chi connectivity index (χ1n) is 8.43. The summed E-state index contributed by atoms with van der Waals surface area (Å²) in [6, 6.07) is 10.3. The molecular weight excluding hydrogens is 349 g/mol. The number of guanidine groups is 1. The van der Waals surface area contributed by atoms with Crippen LogP contribution in [-0.2, 0) is 17.8 Å². The fourth-order valence-corrected chi connectivity index (χ4v) is 2.54. The topological polar surface area (TPSA) is 72.0 Å². The minimum atomic E-state index is -0.456. The summed E-state index contributed by atoms with van der Waals surface area (Å²) in [4.78, 5) is 16.0. The third kappa shape index (κ3) is 5.44. The van der Waals surface area contributed by atoms with Crippen molar-refractivity contribution < 1.29 is 18.7 Å². The van der Waals surface area contributed by atoms with E-state index in [1.54, 1.807) is 38.2 Å². The molecule has 27 heavy (non-hydrogen) atoms. The predicted octanol–water partition coefficient (Wildman–Crippen LogP) is 2.79. The zero-order valence-corrected chi connectivity index (χ0v) is 15.9. The van der Waals surface area contributed by atoms with Crippen LogP contribution in [0, 0.1) is 12.7 Å². The zero-order valence-electron chi connectivity index (χ0n) is 15.9. The number of carbonyl (C=O) groups is 1. The molecule has 0 atom stereocenters. The van der Waals surface area contributed by atoms with Crippen LogP contribution in [0.1, 0.15) is 27.0 Å². The summed E-state index contributed by atoms with van der Waals surface area (Å²) < 4.78 is 23.3. The summed E-state index contributed by atoms with van der Waals surface area (Å²) in [5, 5.41) is 6.35. The van der Waals surface area contributed by atoms with Gasteiger partial charge in [0, 0.05) is 20.1 Å². The molecule has 0 heterocycles. The highest BCUT2D eigenvalue weighted by Crippen LogP contribution is 2.20. The van der Waals surface area contributed by atoms with Crippen molar-refractivity contribution in [3.63, 3.8) is 0 Å². The molecule has 0 unspecified atom stereocenters. The second-order valence-corrected chi connectivity index (χ2v) is 5.89. The Balaban J connectivity index is 1.99. The molecule has 0 saturated heterocycles. The van der Waals surface area contributed by atoms with Crippen LogP contribution in [-0.4, -0.2) is 33.2 Å². The lowest BCUT2D eigenvalue weighted by molar-refractivity contribution is 0.0597. The van der Waals surface area contributed by atoms with Crippen molar-refractivity contribution >= 4 is 11.9 Å². The lowest BCUT2D eigenvalue weighted by Crippen LogP contribution is -2.36. The van der Waals surface area contributed by atoms with E-state index in [1.165, 1.54) is 20.3 Å². The second kappa shape index (κ2) is 9.56. The minimum Gasteiger partial charge on any atom is -0.496 e. The number of esters is 1. The number of ether oxygens (including phenoxy) is 2. The Morgan fingerprint density at radius 2 is 1.70 bits per heavy atom. The van der Waals surface area contributed by atoms with Gasteiger partial charge in [0.2, 0.25) is 0 Å². The average Bonchev–Trinajstić information content (AvgIpc) is 2.69. The van der Waals surface area contributed by atoms with E-state index in [0.29, 0.717) is 35.9 Å². The number of aryl methyl sites for hydroxylation is 1. The van der Waals surface area contributed by atoms with E-state index in [4.69, 9.17) is 9.47 Å². The number of methoxy groups -OCH3 is 2. The quantitative estimate of drug-likeness (QED) is 0.463. The Kier molecular flexibility index (Phi) is 7.16. The number of rotatable bonds is 6. The maximum absolute atomic E-state index is 13.3. The summed E-state index contributed by atoms with van der Waals surface area (Å²) in [5.41, 5.74) is 2.79. The summed E-state index contributed by atoms with van der Waals surface area (Å²) in [6.07, 6.45) is 0. The summed E-state index contributed by atoms with van der Waals surface area (Å²) in [6.45, 7) is 2.70. The number of carbonyl (C=O) groups excluding carboxylic acids is 1. The van der Waals surface area contributed by atoms with Gasteiger partial charge >= 0.3 is 5.97 Å². The largest absolute Gasteiger partial charge is 0.496 e. The lowest BCUT2D eigenvalue weighted by atomic mass is 10.1. The number of nitrogens with one attached hydrogen (secondary N) is 2. The minimum absolute atomic E-state index is 0.220. The van der Waals surface area contributed by atoms with Crippen molar-refractivity contribution in [2.75, 3.05) is 21.3 Å². The third-order valence-corrected chi connectivity index (χ3v) is 4.04. The van der Waals surface area contributed by atoms with Gasteiger partial charge in [-0.05, 0) is 41.8 Å². The van der Waals surface area contributed by atoms with Crippen molar-refractivity contribution in [3.05, 3.63) is 64.5 Å². The van der Waals surface area contributed by atoms with Gasteiger partial charge in [0.1, 0.15) is 17.1 Å². The van der Waals surface area contributed by atoms with E-state index in [2.05, 4.69) is 15.6 Å². The molecule has 7 heteroatoms. The van der Waals surface area contributed by atoms with Crippen LogP contribution in [0.4, 0.5) is 4.39 Å². The van der Waals surface area contributed by atoms with Crippen LogP contribution in [0.25, 0.3) is 0 Å². The molecule has 0 bridgehead atoms. The van der Waals surface area contributed by atoms with Crippen LogP contribution in [0.2, 0.25) is 0 Å². The van der Waals surface area contributed by atoms with Crippen molar-refractivity contribution in [2.45, 2.75) is 20.0 Å². The number of nitrogens with zero attached hydrogens (tertiary/aromatic N) is 1. The van der Waals surface area contributed by atoms with E-state index in [0.717, 1.165) is 11.1 Å². The molecule has 0 aliphatic rings. The van der Waals surface area contributed by atoms with Crippen LogP contribution in [0.3, 0.4) is 0 Å². The predicted molar refractivity (Wildman–Crippen MR) is 103 cm³/mol. The van der Waals surface area contributed by atoms with Gasteiger partial charge in [0.05, 0.1) is 14.2 Å². The van der Waals surface area contributed by atoms with Gasteiger partial charge in [-0.25, -0.2) is 9.18 Å².